The summed E-state index contributed by atoms with van der Waals surface area (Å²) in [4.78, 5) is 28.7. The average Bonchev–Trinajstić information content (AvgIpc) is 2.87. The molecule has 0 radical (unpaired) electrons. The van der Waals surface area contributed by atoms with Crippen molar-refractivity contribution in [3.05, 3.63) is 101 Å². The van der Waals surface area contributed by atoms with Crippen LogP contribution in [0.2, 0.25) is 5.02 Å². The first-order valence-electron chi connectivity index (χ1n) is 11.9. The van der Waals surface area contributed by atoms with Gasteiger partial charge in [-0.15, -0.1) is 0 Å². The molecule has 0 aromatic heterocycles. The largest absolute Gasteiger partial charge is 0.482 e. The Balaban J connectivity index is 1.93. The molecule has 35 heavy (non-hydrogen) atoms. The van der Waals surface area contributed by atoms with Crippen molar-refractivity contribution >= 4 is 23.4 Å². The van der Waals surface area contributed by atoms with Gasteiger partial charge in [-0.2, -0.15) is 0 Å². The minimum Gasteiger partial charge on any atom is -0.482 e. The summed E-state index contributed by atoms with van der Waals surface area (Å²) in [6.07, 6.45) is 1.19. The molecular weight excluding hydrogens is 460 g/mol. The van der Waals surface area contributed by atoms with Crippen LogP contribution in [0.1, 0.15) is 37.0 Å². The van der Waals surface area contributed by atoms with E-state index >= 15 is 0 Å². The molecule has 184 valence electrons. The molecule has 0 fully saturated rings. The van der Waals surface area contributed by atoms with Crippen molar-refractivity contribution in [2.75, 3.05) is 6.61 Å². The van der Waals surface area contributed by atoms with Gasteiger partial charge in [0.15, 0.2) is 6.61 Å². The molecule has 0 aliphatic rings. The number of hydrogen-bond acceptors (Lipinski definition) is 3. The van der Waals surface area contributed by atoms with Crippen LogP contribution in [0.5, 0.6) is 5.75 Å². The number of nitrogens with zero attached hydrogens (tertiary/aromatic N) is 1. The highest BCUT2D eigenvalue weighted by atomic mass is 35.5. The van der Waals surface area contributed by atoms with Crippen LogP contribution >= 0.6 is 11.6 Å². The molecular formula is C29H33ClN2O3. The van der Waals surface area contributed by atoms with Crippen molar-refractivity contribution in [3.63, 3.8) is 0 Å². The van der Waals surface area contributed by atoms with Crippen LogP contribution in [0.3, 0.4) is 0 Å². The van der Waals surface area contributed by atoms with Gasteiger partial charge in [0, 0.05) is 19.0 Å². The first kappa shape index (κ1) is 26.3. The molecule has 0 bridgehead atoms. The van der Waals surface area contributed by atoms with Crippen LogP contribution in [0.15, 0.2) is 78.9 Å². The standard InChI is InChI=1S/C29H33ClN2O3/c1-4-22(3)31-29(34)26(18-23-13-6-5-7-14-23)32(19-24-15-9-8-12-21(24)2)28(33)20-35-27-17-11-10-16-25(27)30/h5-17,22,26H,4,18-20H2,1-3H3,(H,31,34). The van der Waals surface area contributed by atoms with Gasteiger partial charge in [-0.05, 0) is 49.1 Å². The van der Waals surface area contributed by atoms with Crippen molar-refractivity contribution in [1.29, 1.82) is 0 Å². The normalized spacial score (nSPS) is 12.5. The molecule has 0 spiro atoms. The van der Waals surface area contributed by atoms with Crippen molar-refractivity contribution < 1.29 is 14.3 Å². The molecule has 2 amide bonds. The third-order valence-electron chi connectivity index (χ3n) is 6.06. The highest BCUT2D eigenvalue weighted by Crippen LogP contribution is 2.24. The lowest BCUT2D eigenvalue weighted by atomic mass is 10.0. The van der Waals surface area contributed by atoms with Crippen LogP contribution < -0.4 is 10.1 Å². The van der Waals surface area contributed by atoms with E-state index in [1.54, 1.807) is 29.2 Å². The Morgan fingerprint density at radius 1 is 0.971 bits per heavy atom. The number of rotatable bonds is 11. The smallest absolute Gasteiger partial charge is 0.261 e. The summed E-state index contributed by atoms with van der Waals surface area (Å²) in [5.41, 5.74) is 3.01. The summed E-state index contributed by atoms with van der Waals surface area (Å²) in [5.74, 6) is -0.0293. The highest BCUT2D eigenvalue weighted by molar-refractivity contribution is 6.32. The van der Waals surface area contributed by atoms with Gasteiger partial charge >= 0.3 is 0 Å². The number of carbonyl (C=O) groups is 2. The maximum absolute atomic E-state index is 13.6. The van der Waals surface area contributed by atoms with Gasteiger partial charge in [-0.1, -0.05) is 85.3 Å². The third kappa shape index (κ3) is 7.59. The Bertz CT molecular complexity index is 1120. The lowest BCUT2D eigenvalue weighted by molar-refractivity contribution is -0.143. The van der Waals surface area contributed by atoms with Crippen LogP contribution in [0.4, 0.5) is 0 Å². The Morgan fingerprint density at radius 3 is 2.31 bits per heavy atom. The molecule has 0 aliphatic carbocycles. The number of aryl methyl sites for hydroxylation is 1. The number of halogens is 1. The summed E-state index contributed by atoms with van der Waals surface area (Å²) in [6.45, 7) is 6.06. The van der Waals surface area contributed by atoms with Crippen LogP contribution in [-0.2, 0) is 22.6 Å². The van der Waals surface area contributed by atoms with Crippen molar-refractivity contribution in [1.82, 2.24) is 10.2 Å². The minimum absolute atomic E-state index is 0.00411. The predicted octanol–water partition coefficient (Wildman–Crippen LogP) is 5.58. The number of nitrogens with one attached hydrogen (secondary N) is 1. The van der Waals surface area contributed by atoms with Gasteiger partial charge < -0.3 is 15.0 Å². The summed E-state index contributed by atoms with van der Waals surface area (Å²) in [6, 6.07) is 24.0. The molecule has 0 saturated carbocycles. The van der Waals surface area contributed by atoms with Crippen LogP contribution in [0.25, 0.3) is 0 Å². The molecule has 3 rings (SSSR count). The number of carbonyl (C=O) groups excluding carboxylic acids is 2. The molecule has 3 aromatic carbocycles. The molecule has 2 unspecified atom stereocenters. The Kier molecular flexibility index (Phi) is 9.74. The van der Waals surface area contributed by atoms with E-state index in [-0.39, 0.29) is 24.5 Å². The zero-order valence-corrected chi connectivity index (χ0v) is 21.3. The molecule has 2 atom stereocenters. The summed E-state index contributed by atoms with van der Waals surface area (Å²) in [7, 11) is 0. The van der Waals surface area contributed by atoms with Crippen molar-refractivity contribution in [2.24, 2.45) is 0 Å². The first-order chi connectivity index (χ1) is 16.9. The Hall–Kier alpha value is -3.31. The van der Waals surface area contributed by atoms with Gasteiger partial charge in [-0.3, -0.25) is 9.59 Å². The highest BCUT2D eigenvalue weighted by Gasteiger charge is 2.31. The fraction of sp³-hybridized carbons (Fsp3) is 0.310. The second-order valence-corrected chi connectivity index (χ2v) is 9.10. The average molecular weight is 493 g/mol. The van der Waals surface area contributed by atoms with E-state index in [1.807, 2.05) is 75.4 Å². The first-order valence-corrected chi connectivity index (χ1v) is 12.3. The van der Waals surface area contributed by atoms with Crippen LogP contribution in [0, 0.1) is 6.92 Å². The van der Waals surface area contributed by atoms with Crippen molar-refractivity contribution in [2.45, 2.75) is 52.2 Å². The van der Waals surface area contributed by atoms with Crippen LogP contribution in [-0.4, -0.2) is 35.4 Å². The fourth-order valence-corrected chi connectivity index (χ4v) is 3.94. The molecule has 3 aromatic rings. The van der Waals surface area contributed by atoms with E-state index in [9.17, 15) is 9.59 Å². The number of benzene rings is 3. The summed E-state index contributed by atoms with van der Waals surface area (Å²) in [5, 5.41) is 3.51. The predicted molar refractivity (Wildman–Crippen MR) is 141 cm³/mol. The Morgan fingerprint density at radius 2 is 1.63 bits per heavy atom. The second-order valence-electron chi connectivity index (χ2n) is 8.69. The van der Waals surface area contributed by atoms with E-state index in [0.29, 0.717) is 23.7 Å². The molecule has 1 N–H and O–H groups in total. The molecule has 0 heterocycles. The Labute approximate surface area is 213 Å². The summed E-state index contributed by atoms with van der Waals surface area (Å²) < 4.78 is 5.78. The molecule has 6 heteroatoms. The van der Waals surface area contributed by atoms with E-state index in [2.05, 4.69) is 5.32 Å². The minimum atomic E-state index is -0.701. The van der Waals surface area contributed by atoms with E-state index in [1.165, 1.54) is 0 Å². The van der Waals surface area contributed by atoms with Gasteiger partial charge in [0.05, 0.1) is 5.02 Å². The molecule has 0 aliphatic heterocycles. The number of ether oxygens (including phenoxy) is 1. The zero-order chi connectivity index (χ0) is 25.2. The van der Waals surface area contributed by atoms with Gasteiger partial charge in [0.2, 0.25) is 5.91 Å². The van der Waals surface area contributed by atoms with Crippen molar-refractivity contribution in [3.8, 4) is 5.75 Å². The maximum Gasteiger partial charge on any atom is 0.261 e. The number of hydrogen-bond donors (Lipinski definition) is 1. The van der Waals surface area contributed by atoms with Gasteiger partial charge in [0.25, 0.3) is 5.91 Å². The quantitative estimate of drug-likeness (QED) is 0.380. The lowest BCUT2D eigenvalue weighted by Gasteiger charge is -2.32. The van der Waals surface area contributed by atoms with E-state index < -0.39 is 6.04 Å². The third-order valence-corrected chi connectivity index (χ3v) is 6.37. The molecule has 5 nitrogen and oxygen atoms in total. The van der Waals surface area contributed by atoms with Gasteiger partial charge in [-0.25, -0.2) is 0 Å². The lowest BCUT2D eigenvalue weighted by Crippen LogP contribution is -2.53. The number of amides is 2. The molecule has 0 saturated heterocycles. The fourth-order valence-electron chi connectivity index (χ4n) is 3.75. The monoisotopic (exact) mass is 492 g/mol. The maximum atomic E-state index is 13.6. The van der Waals surface area contributed by atoms with Gasteiger partial charge in [0.1, 0.15) is 11.8 Å². The summed E-state index contributed by atoms with van der Waals surface area (Å²) >= 11 is 6.22. The van der Waals surface area contributed by atoms with E-state index in [4.69, 9.17) is 16.3 Å². The topological polar surface area (TPSA) is 58.6 Å². The second kappa shape index (κ2) is 13.0. The number of para-hydroxylation sites is 1. The zero-order valence-electron chi connectivity index (χ0n) is 20.5. The van der Waals surface area contributed by atoms with E-state index in [0.717, 1.165) is 23.1 Å². The SMILES string of the molecule is CCC(C)NC(=O)C(Cc1ccccc1)N(Cc1ccccc1C)C(=O)COc1ccccc1Cl.